The first-order valence-electron chi connectivity index (χ1n) is 8.92. The molecule has 6 nitrogen and oxygen atoms in total. The van der Waals surface area contributed by atoms with Gasteiger partial charge in [0, 0.05) is 30.1 Å². The van der Waals surface area contributed by atoms with Crippen molar-refractivity contribution in [1.82, 2.24) is 19.7 Å². The molecule has 3 heterocycles. The molecule has 1 unspecified atom stereocenters. The van der Waals surface area contributed by atoms with Crippen LogP contribution >= 0.6 is 0 Å². The Morgan fingerprint density at radius 2 is 2.00 bits per heavy atom. The van der Waals surface area contributed by atoms with Crippen molar-refractivity contribution in [3.05, 3.63) is 71.4 Å². The molecule has 0 radical (unpaired) electrons. The van der Waals surface area contributed by atoms with Crippen molar-refractivity contribution in [2.24, 2.45) is 0 Å². The Labute approximate surface area is 156 Å². The fourth-order valence-electron chi connectivity index (χ4n) is 3.25. The quantitative estimate of drug-likeness (QED) is 0.751. The Kier molecular flexibility index (Phi) is 4.35. The van der Waals surface area contributed by atoms with Crippen molar-refractivity contribution >= 4 is 11.7 Å². The number of carbonyl (C=O) groups is 1. The first-order valence-corrected chi connectivity index (χ1v) is 8.92. The van der Waals surface area contributed by atoms with Crippen LogP contribution in [0.1, 0.15) is 41.5 Å². The van der Waals surface area contributed by atoms with E-state index in [2.05, 4.69) is 15.4 Å². The fourth-order valence-corrected chi connectivity index (χ4v) is 3.25. The standard InChI is InChI=1S/C20H20FN5O/c1-3-25-12-17-16(20(25)27)8-10-22-19(17)23-13(2)18-9-11-26(24-18)15-6-4-14(21)5-7-15/h4-11,13H,3,12H2,1-2H3,(H,22,23). The van der Waals surface area contributed by atoms with Crippen LogP contribution in [0.4, 0.5) is 10.2 Å². The number of anilines is 1. The van der Waals surface area contributed by atoms with Gasteiger partial charge in [0.05, 0.1) is 24.0 Å². The molecule has 27 heavy (non-hydrogen) atoms. The molecule has 1 amide bonds. The van der Waals surface area contributed by atoms with Crippen LogP contribution in [0.25, 0.3) is 5.69 Å². The Bertz CT molecular complexity index is 982. The summed E-state index contributed by atoms with van der Waals surface area (Å²) in [6.45, 7) is 5.20. The SMILES string of the molecule is CCN1Cc2c(ccnc2NC(C)c2ccn(-c3ccc(F)cc3)n2)C1=O. The molecular weight excluding hydrogens is 345 g/mol. The van der Waals surface area contributed by atoms with E-state index < -0.39 is 0 Å². The number of nitrogens with one attached hydrogen (secondary N) is 1. The third kappa shape index (κ3) is 3.16. The van der Waals surface area contributed by atoms with Crippen molar-refractivity contribution < 1.29 is 9.18 Å². The van der Waals surface area contributed by atoms with Crippen LogP contribution in [0, 0.1) is 5.82 Å². The van der Waals surface area contributed by atoms with Crippen LogP contribution in [0.3, 0.4) is 0 Å². The molecule has 0 saturated carbocycles. The number of fused-ring (bicyclic) bond motifs is 1. The summed E-state index contributed by atoms with van der Waals surface area (Å²) < 4.78 is 14.8. The van der Waals surface area contributed by atoms with E-state index >= 15 is 0 Å². The summed E-state index contributed by atoms with van der Waals surface area (Å²) in [7, 11) is 0. The van der Waals surface area contributed by atoms with Gasteiger partial charge in [-0.1, -0.05) is 0 Å². The van der Waals surface area contributed by atoms with Crippen molar-refractivity contribution in [3.8, 4) is 5.69 Å². The third-order valence-corrected chi connectivity index (χ3v) is 4.80. The Hall–Kier alpha value is -3.22. The molecule has 0 aliphatic carbocycles. The van der Waals surface area contributed by atoms with Crippen LogP contribution < -0.4 is 5.32 Å². The molecule has 0 saturated heterocycles. The van der Waals surface area contributed by atoms with Gasteiger partial charge in [0.1, 0.15) is 11.6 Å². The second-order valence-corrected chi connectivity index (χ2v) is 6.53. The highest BCUT2D eigenvalue weighted by Crippen LogP contribution is 2.29. The first kappa shape index (κ1) is 17.2. The van der Waals surface area contributed by atoms with Crippen molar-refractivity contribution in [2.45, 2.75) is 26.4 Å². The van der Waals surface area contributed by atoms with Crippen LogP contribution in [0.15, 0.2) is 48.8 Å². The zero-order valence-electron chi connectivity index (χ0n) is 15.2. The van der Waals surface area contributed by atoms with Gasteiger partial charge in [-0.2, -0.15) is 5.10 Å². The minimum Gasteiger partial charge on any atom is -0.362 e. The van der Waals surface area contributed by atoms with E-state index in [4.69, 9.17) is 0 Å². The van der Waals surface area contributed by atoms with E-state index in [1.165, 1.54) is 12.1 Å². The van der Waals surface area contributed by atoms with Gasteiger partial charge in [-0.05, 0) is 50.2 Å². The van der Waals surface area contributed by atoms with Crippen molar-refractivity contribution in [1.29, 1.82) is 0 Å². The predicted octanol–water partition coefficient (Wildman–Crippen LogP) is 3.56. The average Bonchev–Trinajstić information content (AvgIpc) is 3.28. The summed E-state index contributed by atoms with van der Waals surface area (Å²) in [6, 6.07) is 9.76. The van der Waals surface area contributed by atoms with E-state index in [1.54, 1.807) is 34.0 Å². The molecule has 1 aliphatic rings. The fraction of sp³-hybridized carbons (Fsp3) is 0.250. The molecule has 3 aromatic rings. The summed E-state index contributed by atoms with van der Waals surface area (Å²) in [5, 5.41) is 7.94. The molecular formula is C20H20FN5O. The number of hydrogen-bond donors (Lipinski definition) is 1. The molecule has 1 aliphatic heterocycles. The highest BCUT2D eigenvalue weighted by atomic mass is 19.1. The monoisotopic (exact) mass is 365 g/mol. The van der Waals surface area contributed by atoms with E-state index in [1.807, 2.05) is 26.1 Å². The van der Waals surface area contributed by atoms with Crippen molar-refractivity contribution in [3.63, 3.8) is 0 Å². The molecule has 4 rings (SSSR count). The highest BCUT2D eigenvalue weighted by Gasteiger charge is 2.29. The summed E-state index contributed by atoms with van der Waals surface area (Å²) in [6.07, 6.45) is 3.49. The lowest BCUT2D eigenvalue weighted by Gasteiger charge is -2.15. The van der Waals surface area contributed by atoms with Crippen LogP contribution in [0.5, 0.6) is 0 Å². The molecule has 7 heteroatoms. The molecule has 1 N–H and O–H groups in total. The maximum atomic E-state index is 13.1. The normalized spacial score (nSPS) is 14.3. The number of halogens is 1. The number of amides is 1. The zero-order valence-corrected chi connectivity index (χ0v) is 15.2. The highest BCUT2D eigenvalue weighted by molar-refractivity contribution is 5.99. The molecule has 0 spiro atoms. The van der Waals surface area contributed by atoms with Gasteiger partial charge < -0.3 is 10.2 Å². The zero-order chi connectivity index (χ0) is 19.0. The van der Waals surface area contributed by atoms with Crippen LogP contribution in [-0.4, -0.2) is 32.1 Å². The van der Waals surface area contributed by atoms with Gasteiger partial charge in [0.25, 0.3) is 5.91 Å². The summed E-state index contributed by atoms with van der Waals surface area (Å²) >= 11 is 0. The largest absolute Gasteiger partial charge is 0.362 e. The maximum absolute atomic E-state index is 13.1. The molecule has 0 bridgehead atoms. The van der Waals surface area contributed by atoms with Crippen LogP contribution in [0.2, 0.25) is 0 Å². The lowest BCUT2D eigenvalue weighted by Crippen LogP contribution is -2.22. The van der Waals surface area contributed by atoms with Crippen LogP contribution in [-0.2, 0) is 6.54 Å². The number of carbonyl (C=O) groups excluding carboxylic acids is 1. The smallest absolute Gasteiger partial charge is 0.254 e. The van der Waals surface area contributed by atoms with Gasteiger partial charge in [0.15, 0.2) is 0 Å². The maximum Gasteiger partial charge on any atom is 0.254 e. The summed E-state index contributed by atoms with van der Waals surface area (Å²) in [5.74, 6) is 0.479. The van der Waals surface area contributed by atoms with Gasteiger partial charge in [-0.15, -0.1) is 0 Å². The van der Waals surface area contributed by atoms with Gasteiger partial charge in [-0.3, -0.25) is 4.79 Å². The van der Waals surface area contributed by atoms with Gasteiger partial charge >= 0.3 is 0 Å². The Morgan fingerprint density at radius 3 is 2.74 bits per heavy atom. The minimum atomic E-state index is -0.277. The van der Waals surface area contributed by atoms with Crippen molar-refractivity contribution in [2.75, 3.05) is 11.9 Å². The molecule has 138 valence electrons. The number of pyridine rings is 1. The molecule has 2 aromatic heterocycles. The Balaban J connectivity index is 1.55. The summed E-state index contributed by atoms with van der Waals surface area (Å²) in [5.41, 5.74) is 3.25. The lowest BCUT2D eigenvalue weighted by molar-refractivity contribution is 0.0787. The average molecular weight is 365 g/mol. The third-order valence-electron chi connectivity index (χ3n) is 4.80. The predicted molar refractivity (Wildman–Crippen MR) is 100 cm³/mol. The second-order valence-electron chi connectivity index (χ2n) is 6.53. The van der Waals surface area contributed by atoms with E-state index in [-0.39, 0.29) is 17.8 Å². The van der Waals surface area contributed by atoms with E-state index in [0.717, 1.165) is 16.9 Å². The lowest BCUT2D eigenvalue weighted by atomic mass is 10.1. The topological polar surface area (TPSA) is 63.1 Å². The molecule has 1 aromatic carbocycles. The van der Waals surface area contributed by atoms with E-state index in [9.17, 15) is 9.18 Å². The number of rotatable bonds is 5. The Morgan fingerprint density at radius 1 is 1.22 bits per heavy atom. The second kappa shape index (κ2) is 6.83. The number of hydrogen-bond acceptors (Lipinski definition) is 4. The molecule has 0 fully saturated rings. The number of aromatic nitrogens is 3. The summed E-state index contributed by atoms with van der Waals surface area (Å²) in [4.78, 5) is 18.6. The van der Waals surface area contributed by atoms with E-state index in [0.29, 0.717) is 24.5 Å². The first-order chi connectivity index (χ1) is 13.1. The molecule has 1 atom stereocenters. The van der Waals surface area contributed by atoms with Gasteiger partial charge in [-0.25, -0.2) is 14.1 Å². The number of benzene rings is 1. The number of nitrogens with zero attached hydrogens (tertiary/aromatic N) is 4. The van der Waals surface area contributed by atoms with Gasteiger partial charge in [0.2, 0.25) is 0 Å². The minimum absolute atomic E-state index is 0.0474.